The van der Waals surface area contributed by atoms with Gasteiger partial charge in [0, 0.05) is 44.0 Å². The van der Waals surface area contributed by atoms with Crippen LogP contribution in [0.4, 0.5) is 23.7 Å². The highest BCUT2D eigenvalue weighted by atomic mass is 19.4. The zero-order chi connectivity index (χ0) is 20.2. The van der Waals surface area contributed by atoms with Crippen molar-refractivity contribution in [2.75, 3.05) is 38.5 Å². The molecular formula is C16H20F3N3O5. The Morgan fingerprint density at radius 1 is 1.22 bits per heavy atom. The molecule has 150 valence electrons. The summed E-state index contributed by atoms with van der Waals surface area (Å²) in [6.45, 7) is 2.83. The van der Waals surface area contributed by atoms with E-state index in [0.717, 1.165) is 6.07 Å². The maximum atomic E-state index is 12.8. The fraction of sp³-hybridized carbons (Fsp3) is 0.500. The minimum Gasteiger partial charge on any atom is -0.465 e. The zero-order valence-corrected chi connectivity index (χ0v) is 14.6. The lowest BCUT2D eigenvalue weighted by Gasteiger charge is -2.33. The van der Waals surface area contributed by atoms with Crippen LogP contribution in [0.3, 0.4) is 0 Å². The number of alkyl halides is 3. The summed E-state index contributed by atoms with van der Waals surface area (Å²) in [7, 11) is 0. The predicted octanol–water partition coefficient (Wildman–Crippen LogP) is 2.14. The molecule has 1 saturated heterocycles. The first kappa shape index (κ1) is 20.6. The molecule has 0 spiro atoms. The number of hydrogen-bond donors (Lipinski definition) is 2. The summed E-state index contributed by atoms with van der Waals surface area (Å²) in [5.41, 5.74) is 5.71. The number of carbonyl (C=O) groups excluding carboxylic acids is 1. The second-order valence-electron chi connectivity index (χ2n) is 5.86. The van der Waals surface area contributed by atoms with Crippen LogP contribution in [0, 0.1) is 0 Å². The Labute approximate surface area is 153 Å². The predicted molar refractivity (Wildman–Crippen MR) is 88.4 cm³/mol. The van der Waals surface area contributed by atoms with Gasteiger partial charge in [0.1, 0.15) is 5.75 Å². The summed E-state index contributed by atoms with van der Waals surface area (Å²) < 4.78 is 47.2. The summed E-state index contributed by atoms with van der Waals surface area (Å²) >= 11 is 0. The first-order valence-corrected chi connectivity index (χ1v) is 8.16. The van der Waals surface area contributed by atoms with Crippen LogP contribution in [-0.2, 0) is 11.3 Å². The van der Waals surface area contributed by atoms with Crippen molar-refractivity contribution in [3.05, 3.63) is 23.3 Å². The average Bonchev–Trinajstić information content (AvgIpc) is 2.56. The van der Waals surface area contributed by atoms with Crippen LogP contribution < -0.4 is 10.5 Å². The Hall–Kier alpha value is -2.69. The molecule has 2 rings (SSSR count). The Bertz CT molecular complexity index is 703. The Morgan fingerprint density at radius 3 is 2.37 bits per heavy atom. The number of esters is 1. The van der Waals surface area contributed by atoms with Gasteiger partial charge in [-0.05, 0) is 19.1 Å². The van der Waals surface area contributed by atoms with E-state index in [4.69, 9.17) is 15.6 Å². The topological polar surface area (TPSA) is 105 Å². The summed E-state index contributed by atoms with van der Waals surface area (Å²) in [5.74, 6) is -1.39. The molecular weight excluding hydrogens is 371 g/mol. The number of nitrogens with zero attached hydrogens (tertiary/aromatic N) is 2. The first-order valence-electron chi connectivity index (χ1n) is 8.16. The van der Waals surface area contributed by atoms with Gasteiger partial charge in [-0.25, -0.2) is 9.59 Å². The van der Waals surface area contributed by atoms with Crippen molar-refractivity contribution in [3.63, 3.8) is 0 Å². The number of rotatable bonds is 5. The number of carbonyl (C=O) groups is 2. The molecule has 1 amide bonds. The van der Waals surface area contributed by atoms with Gasteiger partial charge in [0.25, 0.3) is 0 Å². The number of amides is 1. The lowest BCUT2D eigenvalue weighted by Crippen LogP contribution is -2.47. The van der Waals surface area contributed by atoms with Crippen molar-refractivity contribution in [2.45, 2.75) is 19.8 Å². The van der Waals surface area contributed by atoms with E-state index in [1.807, 2.05) is 0 Å². The van der Waals surface area contributed by atoms with Crippen molar-refractivity contribution in [2.24, 2.45) is 0 Å². The summed E-state index contributed by atoms with van der Waals surface area (Å²) in [4.78, 5) is 25.8. The number of nitrogens with two attached hydrogens (primary N) is 1. The molecule has 0 unspecified atom stereocenters. The maximum Gasteiger partial charge on any atom is 0.573 e. The van der Waals surface area contributed by atoms with Gasteiger partial charge in [0.05, 0.1) is 12.2 Å². The van der Waals surface area contributed by atoms with Crippen LogP contribution in [0.5, 0.6) is 5.75 Å². The van der Waals surface area contributed by atoms with Crippen LogP contribution >= 0.6 is 0 Å². The molecule has 0 bridgehead atoms. The number of carboxylic acid groups (broad SMARTS) is 1. The number of anilines is 1. The van der Waals surface area contributed by atoms with E-state index < -0.39 is 24.2 Å². The number of nitrogen functional groups attached to an aromatic ring is 1. The van der Waals surface area contributed by atoms with E-state index >= 15 is 0 Å². The molecule has 0 radical (unpaired) electrons. The number of hydrogen-bond acceptors (Lipinski definition) is 6. The molecule has 1 aliphatic heterocycles. The molecule has 27 heavy (non-hydrogen) atoms. The minimum atomic E-state index is -4.95. The minimum absolute atomic E-state index is 0.0258. The highest BCUT2D eigenvalue weighted by Gasteiger charge is 2.33. The van der Waals surface area contributed by atoms with Crippen molar-refractivity contribution in [3.8, 4) is 5.75 Å². The monoisotopic (exact) mass is 391 g/mol. The first-order chi connectivity index (χ1) is 12.6. The molecule has 1 heterocycles. The Balaban J connectivity index is 2.24. The molecule has 1 aromatic rings. The summed E-state index contributed by atoms with van der Waals surface area (Å²) in [5, 5.41) is 8.95. The fourth-order valence-corrected chi connectivity index (χ4v) is 2.71. The zero-order valence-electron chi connectivity index (χ0n) is 14.6. The number of halogens is 3. The van der Waals surface area contributed by atoms with Gasteiger partial charge in [-0.1, -0.05) is 0 Å². The Kier molecular flexibility index (Phi) is 6.37. The molecule has 3 N–H and O–H groups in total. The summed E-state index contributed by atoms with van der Waals surface area (Å²) in [6.07, 6.45) is -5.99. The third kappa shape index (κ3) is 5.64. The standard InChI is InChI=1S/C16H20F3N3O5/c1-2-26-14(23)11-8-13(27-16(17,18)19)10(7-12(11)20)9-21-3-5-22(6-4-21)15(24)25/h7-8H,2-6,9,20H2,1H3,(H,24,25). The van der Waals surface area contributed by atoms with Crippen LogP contribution in [0.15, 0.2) is 12.1 Å². The molecule has 1 aliphatic rings. The summed E-state index contributed by atoms with van der Waals surface area (Å²) in [6, 6.07) is 2.17. The third-order valence-corrected chi connectivity index (χ3v) is 3.99. The number of piperazine rings is 1. The van der Waals surface area contributed by atoms with E-state index in [0.29, 0.717) is 13.1 Å². The molecule has 0 aliphatic carbocycles. The van der Waals surface area contributed by atoms with E-state index in [1.54, 1.807) is 11.8 Å². The molecule has 1 aromatic carbocycles. The average molecular weight is 391 g/mol. The second kappa shape index (κ2) is 8.33. The smallest absolute Gasteiger partial charge is 0.465 e. The lowest BCUT2D eigenvalue weighted by atomic mass is 10.1. The van der Waals surface area contributed by atoms with Crippen molar-refractivity contribution < 1.29 is 37.3 Å². The highest BCUT2D eigenvalue weighted by Crippen LogP contribution is 2.32. The molecule has 0 saturated carbocycles. The van der Waals surface area contributed by atoms with Gasteiger partial charge >= 0.3 is 18.4 Å². The van der Waals surface area contributed by atoms with Gasteiger partial charge in [-0.2, -0.15) is 0 Å². The van der Waals surface area contributed by atoms with Crippen LogP contribution in [0.1, 0.15) is 22.8 Å². The van der Waals surface area contributed by atoms with Crippen LogP contribution in [0.25, 0.3) is 0 Å². The van der Waals surface area contributed by atoms with Crippen molar-refractivity contribution >= 4 is 17.7 Å². The highest BCUT2D eigenvalue weighted by molar-refractivity contribution is 5.95. The number of benzene rings is 1. The van der Waals surface area contributed by atoms with E-state index in [2.05, 4.69) is 4.74 Å². The normalized spacial score (nSPS) is 15.5. The molecule has 0 atom stereocenters. The van der Waals surface area contributed by atoms with Crippen molar-refractivity contribution in [1.82, 2.24) is 9.80 Å². The second-order valence-corrected chi connectivity index (χ2v) is 5.86. The van der Waals surface area contributed by atoms with Gasteiger partial charge < -0.3 is 25.2 Å². The van der Waals surface area contributed by atoms with Crippen LogP contribution in [0.2, 0.25) is 0 Å². The Morgan fingerprint density at radius 2 is 1.85 bits per heavy atom. The number of ether oxygens (including phenoxy) is 2. The molecule has 8 nitrogen and oxygen atoms in total. The molecule has 0 aromatic heterocycles. The van der Waals surface area contributed by atoms with Gasteiger partial charge in [0.15, 0.2) is 0 Å². The quantitative estimate of drug-likeness (QED) is 0.585. The van der Waals surface area contributed by atoms with E-state index in [-0.39, 0.29) is 43.1 Å². The third-order valence-electron chi connectivity index (χ3n) is 3.99. The van der Waals surface area contributed by atoms with Crippen LogP contribution in [-0.4, -0.2) is 66.1 Å². The van der Waals surface area contributed by atoms with E-state index in [9.17, 15) is 22.8 Å². The van der Waals surface area contributed by atoms with Gasteiger partial charge in [-0.15, -0.1) is 13.2 Å². The lowest BCUT2D eigenvalue weighted by molar-refractivity contribution is -0.275. The maximum absolute atomic E-state index is 12.8. The molecule has 11 heteroatoms. The SMILES string of the molecule is CCOC(=O)c1cc(OC(F)(F)F)c(CN2CCN(C(=O)O)CC2)cc1N. The van der Waals surface area contributed by atoms with Gasteiger partial charge in [0.2, 0.25) is 0 Å². The fourth-order valence-electron chi connectivity index (χ4n) is 2.71. The molecule has 1 fully saturated rings. The van der Waals surface area contributed by atoms with Crippen molar-refractivity contribution in [1.29, 1.82) is 0 Å². The largest absolute Gasteiger partial charge is 0.573 e. The van der Waals surface area contributed by atoms with E-state index in [1.165, 1.54) is 11.0 Å². The van der Waals surface area contributed by atoms with Gasteiger partial charge in [-0.3, -0.25) is 4.90 Å².